The maximum absolute atomic E-state index is 12.3. The van der Waals surface area contributed by atoms with Crippen molar-refractivity contribution in [1.82, 2.24) is 4.90 Å². The molecule has 4 rings (SSSR count). The number of ether oxygens (including phenoxy) is 1. The first-order valence-electron chi connectivity index (χ1n) is 10.0. The Morgan fingerprint density at radius 2 is 1.78 bits per heavy atom. The number of benzene rings is 1. The number of hydrogen-bond donors (Lipinski definition) is 1. The molecule has 0 spiro atoms. The summed E-state index contributed by atoms with van der Waals surface area (Å²) in [5, 5.41) is 10.9. The molecule has 0 bridgehead atoms. The average Bonchev–Trinajstić information content (AvgIpc) is 2.69. The van der Waals surface area contributed by atoms with Crippen LogP contribution >= 0.6 is 0 Å². The Balaban J connectivity index is 1.50. The Morgan fingerprint density at radius 3 is 2.48 bits per heavy atom. The number of aliphatic hydroxyl groups is 1. The summed E-state index contributed by atoms with van der Waals surface area (Å²) in [5.74, 6) is 0.206. The number of rotatable bonds is 3. The molecule has 1 aromatic carbocycles. The predicted molar refractivity (Wildman–Crippen MR) is 106 cm³/mol. The molecule has 2 atom stereocenters. The molecular formula is C21H29N3O3. The van der Waals surface area contributed by atoms with Crippen molar-refractivity contribution < 1.29 is 14.6 Å². The molecule has 2 saturated heterocycles. The van der Waals surface area contributed by atoms with Gasteiger partial charge in [0.1, 0.15) is 0 Å². The molecule has 3 aliphatic rings. The Hall–Kier alpha value is -2.05. The molecule has 1 amide bonds. The third-order valence-electron chi connectivity index (χ3n) is 5.84. The van der Waals surface area contributed by atoms with Gasteiger partial charge in [0, 0.05) is 43.5 Å². The lowest BCUT2D eigenvalue weighted by atomic mass is 10.0. The quantitative estimate of drug-likeness (QED) is 0.884. The molecule has 0 saturated carbocycles. The van der Waals surface area contributed by atoms with Crippen LogP contribution in [0.3, 0.4) is 0 Å². The maximum Gasteiger partial charge on any atom is 0.227 e. The van der Waals surface area contributed by atoms with E-state index in [1.54, 1.807) is 0 Å². The van der Waals surface area contributed by atoms with Gasteiger partial charge in [0.05, 0.1) is 18.9 Å². The van der Waals surface area contributed by atoms with Crippen LogP contribution < -0.4 is 9.80 Å². The van der Waals surface area contributed by atoms with E-state index in [-0.39, 0.29) is 11.9 Å². The number of hydrogen-bond acceptors (Lipinski definition) is 5. The number of aliphatic hydroxyl groups excluding tert-OH is 1. The summed E-state index contributed by atoms with van der Waals surface area (Å²) < 4.78 is 5.43. The molecule has 3 aliphatic heterocycles. The highest BCUT2D eigenvalue weighted by molar-refractivity contribution is 5.94. The van der Waals surface area contributed by atoms with Crippen molar-refractivity contribution in [2.24, 2.45) is 0 Å². The number of nitrogens with zero attached hydrogens (tertiary/aromatic N) is 3. The van der Waals surface area contributed by atoms with Gasteiger partial charge in [-0.15, -0.1) is 0 Å². The van der Waals surface area contributed by atoms with Crippen molar-refractivity contribution >= 4 is 17.3 Å². The van der Waals surface area contributed by atoms with Crippen molar-refractivity contribution in [1.29, 1.82) is 0 Å². The summed E-state index contributed by atoms with van der Waals surface area (Å²) in [5.41, 5.74) is 2.92. The molecule has 2 unspecified atom stereocenters. The van der Waals surface area contributed by atoms with E-state index >= 15 is 0 Å². The second-order valence-corrected chi connectivity index (χ2v) is 7.61. The average molecular weight is 371 g/mol. The van der Waals surface area contributed by atoms with Crippen LogP contribution in [-0.4, -0.2) is 61.0 Å². The van der Waals surface area contributed by atoms with Crippen LogP contribution in [0.15, 0.2) is 36.0 Å². The van der Waals surface area contributed by atoms with E-state index in [1.165, 1.54) is 0 Å². The van der Waals surface area contributed by atoms with E-state index in [0.717, 1.165) is 56.0 Å². The van der Waals surface area contributed by atoms with Crippen molar-refractivity contribution in [2.75, 3.05) is 42.6 Å². The molecule has 0 aromatic heterocycles. The van der Waals surface area contributed by atoms with Gasteiger partial charge in [0.2, 0.25) is 5.91 Å². The minimum Gasteiger partial charge on any atom is -0.378 e. The topological polar surface area (TPSA) is 56.3 Å². The number of morpholine rings is 1. The molecule has 1 aromatic rings. The lowest BCUT2D eigenvalue weighted by Crippen LogP contribution is -2.48. The van der Waals surface area contributed by atoms with Gasteiger partial charge in [-0.05, 0) is 50.5 Å². The summed E-state index contributed by atoms with van der Waals surface area (Å²) in [6.07, 6.45) is 5.07. The molecule has 27 heavy (non-hydrogen) atoms. The summed E-state index contributed by atoms with van der Waals surface area (Å²) in [7, 11) is 0. The number of carbonyl (C=O) groups excluding carboxylic acids is 1. The number of anilines is 2. The van der Waals surface area contributed by atoms with Gasteiger partial charge in [-0.3, -0.25) is 4.79 Å². The Labute approximate surface area is 161 Å². The van der Waals surface area contributed by atoms with Gasteiger partial charge in [0.25, 0.3) is 0 Å². The van der Waals surface area contributed by atoms with Gasteiger partial charge in [0.15, 0.2) is 6.23 Å². The van der Waals surface area contributed by atoms with Gasteiger partial charge in [-0.2, -0.15) is 0 Å². The number of carbonyl (C=O) groups is 1. The lowest BCUT2D eigenvalue weighted by molar-refractivity contribution is -0.120. The molecule has 2 fully saturated rings. The minimum absolute atomic E-state index is 0.206. The van der Waals surface area contributed by atoms with E-state index < -0.39 is 6.23 Å². The molecule has 0 aliphatic carbocycles. The second kappa shape index (κ2) is 7.90. The van der Waals surface area contributed by atoms with Crippen molar-refractivity contribution in [3.63, 3.8) is 0 Å². The van der Waals surface area contributed by atoms with Crippen molar-refractivity contribution in [3.8, 4) is 0 Å². The number of amides is 1. The van der Waals surface area contributed by atoms with Gasteiger partial charge in [-0.1, -0.05) is 6.08 Å². The monoisotopic (exact) mass is 371 g/mol. The first kappa shape index (κ1) is 18.3. The van der Waals surface area contributed by atoms with E-state index in [2.05, 4.69) is 17.9 Å². The third-order valence-corrected chi connectivity index (χ3v) is 5.84. The summed E-state index contributed by atoms with van der Waals surface area (Å²) >= 11 is 0. The zero-order valence-corrected chi connectivity index (χ0v) is 16.0. The molecule has 6 heteroatoms. The SMILES string of the molecule is CC1CCCC(=O)N1c1ccc(N2CCC=C(N3CCOCC3)C2O)cc1. The highest BCUT2D eigenvalue weighted by atomic mass is 16.5. The zero-order chi connectivity index (χ0) is 18.8. The summed E-state index contributed by atoms with van der Waals surface area (Å²) in [4.78, 5) is 18.5. The Morgan fingerprint density at radius 1 is 1.07 bits per heavy atom. The first-order valence-corrected chi connectivity index (χ1v) is 10.0. The van der Waals surface area contributed by atoms with Gasteiger partial charge < -0.3 is 24.5 Å². The van der Waals surface area contributed by atoms with Crippen LogP contribution in [0.1, 0.15) is 32.6 Å². The highest BCUT2D eigenvalue weighted by Gasteiger charge is 2.29. The molecule has 146 valence electrons. The van der Waals surface area contributed by atoms with Crippen molar-refractivity contribution in [3.05, 3.63) is 36.0 Å². The normalized spacial score (nSPS) is 27.0. The molecule has 3 heterocycles. The fourth-order valence-electron chi connectivity index (χ4n) is 4.37. The van der Waals surface area contributed by atoms with Crippen LogP contribution in [0.4, 0.5) is 11.4 Å². The summed E-state index contributed by atoms with van der Waals surface area (Å²) in [6, 6.07) is 8.31. The zero-order valence-electron chi connectivity index (χ0n) is 16.0. The van der Waals surface area contributed by atoms with Gasteiger partial charge >= 0.3 is 0 Å². The lowest BCUT2D eigenvalue weighted by Gasteiger charge is -2.41. The minimum atomic E-state index is -0.641. The highest BCUT2D eigenvalue weighted by Crippen LogP contribution is 2.30. The molecule has 0 radical (unpaired) electrons. The fraction of sp³-hybridized carbons (Fsp3) is 0.571. The number of piperidine rings is 1. The van der Waals surface area contributed by atoms with Gasteiger partial charge in [-0.25, -0.2) is 0 Å². The van der Waals surface area contributed by atoms with E-state index in [0.29, 0.717) is 19.6 Å². The van der Waals surface area contributed by atoms with Crippen LogP contribution in [-0.2, 0) is 9.53 Å². The second-order valence-electron chi connectivity index (χ2n) is 7.61. The standard InChI is InChI=1S/C21H29N3O3/c1-16-4-2-6-20(25)24(16)18-9-7-17(8-10-18)23-11-3-5-19(21(23)26)22-12-14-27-15-13-22/h5,7-10,16,21,26H,2-4,6,11-15H2,1H3. The third kappa shape index (κ3) is 3.69. The molecule has 1 N–H and O–H groups in total. The van der Waals surface area contributed by atoms with Crippen LogP contribution in [0.2, 0.25) is 0 Å². The Bertz CT molecular complexity index is 697. The van der Waals surface area contributed by atoms with Crippen LogP contribution in [0.25, 0.3) is 0 Å². The first-order chi connectivity index (χ1) is 13.1. The van der Waals surface area contributed by atoms with E-state index in [4.69, 9.17) is 4.74 Å². The van der Waals surface area contributed by atoms with E-state index in [1.807, 2.05) is 34.1 Å². The predicted octanol–water partition coefficient (Wildman–Crippen LogP) is 2.34. The fourth-order valence-corrected chi connectivity index (χ4v) is 4.37. The van der Waals surface area contributed by atoms with Crippen LogP contribution in [0, 0.1) is 0 Å². The van der Waals surface area contributed by atoms with Crippen LogP contribution in [0.5, 0.6) is 0 Å². The molecule has 6 nitrogen and oxygen atoms in total. The Kier molecular flexibility index (Phi) is 5.36. The largest absolute Gasteiger partial charge is 0.378 e. The van der Waals surface area contributed by atoms with Crippen molar-refractivity contribution in [2.45, 2.75) is 44.9 Å². The summed E-state index contributed by atoms with van der Waals surface area (Å²) in [6.45, 7) is 5.96. The van der Waals surface area contributed by atoms with E-state index in [9.17, 15) is 9.90 Å². The molecular weight excluding hydrogens is 342 g/mol. The maximum atomic E-state index is 12.3. The smallest absolute Gasteiger partial charge is 0.227 e.